The van der Waals surface area contributed by atoms with Crippen molar-refractivity contribution in [2.75, 3.05) is 17.6 Å². The van der Waals surface area contributed by atoms with Gasteiger partial charge in [-0.3, -0.25) is 0 Å². The summed E-state index contributed by atoms with van der Waals surface area (Å²) in [5.41, 5.74) is 6.82. The third-order valence-electron chi connectivity index (χ3n) is 3.90. The van der Waals surface area contributed by atoms with Gasteiger partial charge in [-0.25, -0.2) is 9.97 Å². The van der Waals surface area contributed by atoms with E-state index in [0.717, 1.165) is 35.6 Å². The summed E-state index contributed by atoms with van der Waals surface area (Å²) >= 11 is 0. The van der Waals surface area contributed by atoms with E-state index in [1.165, 1.54) is 25.7 Å². The number of hydrogen-bond donors (Lipinski definition) is 2. The van der Waals surface area contributed by atoms with E-state index in [9.17, 15) is 0 Å². The molecule has 1 saturated carbocycles. The molecule has 1 aromatic heterocycles. The Morgan fingerprint density at radius 3 is 2.78 bits per heavy atom. The molecule has 0 aliphatic heterocycles. The van der Waals surface area contributed by atoms with Gasteiger partial charge in [0.05, 0.1) is 0 Å². The Kier molecular flexibility index (Phi) is 4.04. The number of anilines is 2. The van der Waals surface area contributed by atoms with E-state index >= 15 is 0 Å². The first kappa shape index (κ1) is 13.1. The Hall–Kier alpha value is -1.32. The SMILES string of the molecule is Cc1nc(N)c(C)c(NCC2CCCC(C)C2)n1. The summed E-state index contributed by atoms with van der Waals surface area (Å²) in [6.07, 6.45) is 5.40. The fourth-order valence-corrected chi connectivity index (χ4v) is 2.81. The van der Waals surface area contributed by atoms with E-state index in [0.29, 0.717) is 5.82 Å². The first-order valence-corrected chi connectivity index (χ1v) is 6.91. The standard InChI is InChI=1S/C14H24N4/c1-9-5-4-6-12(7-9)8-16-14-10(2)13(15)17-11(3)18-14/h9,12H,4-8H2,1-3H3,(H3,15,16,17,18). The number of aryl methyl sites for hydroxylation is 1. The lowest BCUT2D eigenvalue weighted by Crippen LogP contribution is -2.22. The highest BCUT2D eigenvalue weighted by Crippen LogP contribution is 2.29. The van der Waals surface area contributed by atoms with Crippen LogP contribution in [0.5, 0.6) is 0 Å². The van der Waals surface area contributed by atoms with E-state index in [1.54, 1.807) is 0 Å². The van der Waals surface area contributed by atoms with Crippen LogP contribution in [0.4, 0.5) is 11.6 Å². The van der Waals surface area contributed by atoms with Gasteiger partial charge in [-0.15, -0.1) is 0 Å². The Labute approximate surface area is 109 Å². The van der Waals surface area contributed by atoms with Crippen molar-refractivity contribution in [1.82, 2.24) is 9.97 Å². The molecule has 2 atom stereocenters. The second-order valence-corrected chi connectivity index (χ2v) is 5.65. The molecule has 1 fully saturated rings. The van der Waals surface area contributed by atoms with Crippen molar-refractivity contribution in [3.05, 3.63) is 11.4 Å². The van der Waals surface area contributed by atoms with Crippen LogP contribution in [0.15, 0.2) is 0 Å². The smallest absolute Gasteiger partial charge is 0.134 e. The Bertz CT molecular complexity index is 417. The van der Waals surface area contributed by atoms with E-state index in [-0.39, 0.29) is 0 Å². The predicted octanol–water partition coefficient (Wildman–Crippen LogP) is 2.91. The van der Waals surface area contributed by atoms with Gasteiger partial charge in [0.2, 0.25) is 0 Å². The molecule has 0 radical (unpaired) electrons. The number of nitrogens with two attached hydrogens (primary N) is 1. The van der Waals surface area contributed by atoms with Crippen LogP contribution in [0.25, 0.3) is 0 Å². The highest BCUT2D eigenvalue weighted by molar-refractivity contribution is 5.54. The van der Waals surface area contributed by atoms with E-state index in [2.05, 4.69) is 22.2 Å². The van der Waals surface area contributed by atoms with Crippen molar-refractivity contribution in [3.8, 4) is 0 Å². The molecule has 1 heterocycles. The van der Waals surface area contributed by atoms with Crippen LogP contribution in [0.3, 0.4) is 0 Å². The molecule has 0 spiro atoms. The normalized spacial score (nSPS) is 23.9. The van der Waals surface area contributed by atoms with Crippen molar-refractivity contribution < 1.29 is 0 Å². The van der Waals surface area contributed by atoms with Crippen molar-refractivity contribution in [2.24, 2.45) is 11.8 Å². The second-order valence-electron chi connectivity index (χ2n) is 5.65. The van der Waals surface area contributed by atoms with Crippen LogP contribution in [-0.4, -0.2) is 16.5 Å². The van der Waals surface area contributed by atoms with Crippen LogP contribution in [0.2, 0.25) is 0 Å². The van der Waals surface area contributed by atoms with Crippen molar-refractivity contribution >= 4 is 11.6 Å². The Balaban J connectivity index is 1.97. The molecule has 0 saturated heterocycles. The zero-order chi connectivity index (χ0) is 13.1. The maximum absolute atomic E-state index is 5.86. The van der Waals surface area contributed by atoms with Crippen molar-refractivity contribution in [1.29, 1.82) is 0 Å². The minimum absolute atomic E-state index is 0.585. The number of rotatable bonds is 3. The summed E-state index contributed by atoms with van der Waals surface area (Å²) in [6, 6.07) is 0. The summed E-state index contributed by atoms with van der Waals surface area (Å²) < 4.78 is 0. The van der Waals surface area contributed by atoms with Crippen LogP contribution >= 0.6 is 0 Å². The summed E-state index contributed by atoms with van der Waals surface area (Å²) in [4.78, 5) is 8.60. The lowest BCUT2D eigenvalue weighted by molar-refractivity contribution is 0.293. The van der Waals surface area contributed by atoms with Crippen molar-refractivity contribution in [3.63, 3.8) is 0 Å². The maximum Gasteiger partial charge on any atom is 0.134 e. The number of nitrogens with one attached hydrogen (secondary N) is 1. The molecule has 2 rings (SSSR count). The van der Waals surface area contributed by atoms with E-state index in [4.69, 9.17) is 5.73 Å². The number of nitrogens with zero attached hydrogens (tertiary/aromatic N) is 2. The molecule has 3 N–H and O–H groups in total. The molecule has 0 aromatic carbocycles. The van der Waals surface area contributed by atoms with Crippen LogP contribution < -0.4 is 11.1 Å². The van der Waals surface area contributed by atoms with Gasteiger partial charge in [0, 0.05) is 12.1 Å². The molecule has 4 nitrogen and oxygen atoms in total. The first-order chi connectivity index (χ1) is 8.56. The highest BCUT2D eigenvalue weighted by atomic mass is 15.1. The van der Waals surface area contributed by atoms with Crippen LogP contribution in [0, 0.1) is 25.7 Å². The number of hydrogen-bond acceptors (Lipinski definition) is 4. The lowest BCUT2D eigenvalue weighted by Gasteiger charge is -2.27. The molecular weight excluding hydrogens is 224 g/mol. The number of nitrogen functional groups attached to an aromatic ring is 1. The van der Waals surface area contributed by atoms with Gasteiger partial charge in [0.25, 0.3) is 0 Å². The van der Waals surface area contributed by atoms with E-state index in [1.807, 2.05) is 13.8 Å². The third kappa shape index (κ3) is 3.12. The van der Waals surface area contributed by atoms with Gasteiger partial charge >= 0.3 is 0 Å². The quantitative estimate of drug-likeness (QED) is 0.863. The monoisotopic (exact) mass is 248 g/mol. The minimum Gasteiger partial charge on any atom is -0.383 e. The van der Waals surface area contributed by atoms with Gasteiger partial charge in [-0.05, 0) is 38.5 Å². The van der Waals surface area contributed by atoms with Crippen molar-refractivity contribution in [2.45, 2.75) is 46.5 Å². The molecule has 2 unspecified atom stereocenters. The molecule has 4 heteroatoms. The molecule has 100 valence electrons. The van der Waals surface area contributed by atoms with Crippen LogP contribution in [-0.2, 0) is 0 Å². The fourth-order valence-electron chi connectivity index (χ4n) is 2.81. The third-order valence-corrected chi connectivity index (χ3v) is 3.90. The van der Waals surface area contributed by atoms with Gasteiger partial charge in [0.1, 0.15) is 17.5 Å². The molecule has 1 aliphatic rings. The Morgan fingerprint density at radius 2 is 2.06 bits per heavy atom. The molecule has 1 aromatic rings. The van der Waals surface area contributed by atoms with Gasteiger partial charge in [0.15, 0.2) is 0 Å². The first-order valence-electron chi connectivity index (χ1n) is 6.91. The summed E-state index contributed by atoms with van der Waals surface area (Å²) in [6.45, 7) is 7.20. The molecule has 18 heavy (non-hydrogen) atoms. The molecule has 1 aliphatic carbocycles. The summed E-state index contributed by atoms with van der Waals surface area (Å²) in [5.74, 6) is 3.85. The second kappa shape index (κ2) is 5.55. The molecule has 0 bridgehead atoms. The minimum atomic E-state index is 0.585. The summed E-state index contributed by atoms with van der Waals surface area (Å²) in [5, 5.41) is 3.45. The van der Waals surface area contributed by atoms with Gasteiger partial charge in [-0.2, -0.15) is 0 Å². The average molecular weight is 248 g/mol. The zero-order valence-electron chi connectivity index (χ0n) is 11.7. The fraction of sp³-hybridized carbons (Fsp3) is 0.714. The largest absolute Gasteiger partial charge is 0.383 e. The molecular formula is C14H24N4. The maximum atomic E-state index is 5.86. The predicted molar refractivity (Wildman–Crippen MR) is 75.5 cm³/mol. The van der Waals surface area contributed by atoms with Crippen LogP contribution in [0.1, 0.15) is 44.0 Å². The van der Waals surface area contributed by atoms with E-state index < -0.39 is 0 Å². The zero-order valence-corrected chi connectivity index (χ0v) is 11.7. The average Bonchev–Trinajstić information content (AvgIpc) is 2.32. The molecule has 0 amide bonds. The number of aromatic nitrogens is 2. The topological polar surface area (TPSA) is 63.8 Å². The summed E-state index contributed by atoms with van der Waals surface area (Å²) in [7, 11) is 0. The lowest BCUT2D eigenvalue weighted by atomic mass is 9.82. The van der Waals surface area contributed by atoms with Gasteiger partial charge < -0.3 is 11.1 Å². The highest BCUT2D eigenvalue weighted by Gasteiger charge is 2.19. The Morgan fingerprint density at radius 1 is 1.28 bits per heavy atom. The van der Waals surface area contributed by atoms with Gasteiger partial charge in [-0.1, -0.05) is 19.8 Å².